The van der Waals surface area contributed by atoms with Gasteiger partial charge in [0.2, 0.25) is 0 Å². The molecule has 10 heteroatoms. The van der Waals surface area contributed by atoms with Crippen LogP contribution in [0.15, 0.2) is 84.5 Å². The van der Waals surface area contributed by atoms with Crippen molar-refractivity contribution in [1.82, 2.24) is 4.57 Å². The van der Waals surface area contributed by atoms with Crippen LogP contribution < -0.4 is 19.6 Å². The second kappa shape index (κ2) is 11.6. The number of furan rings is 1. The fraction of sp³-hybridized carbons (Fsp3) is 0.233. The Morgan fingerprint density at radius 1 is 1.23 bits per heavy atom. The maximum atomic E-state index is 13.9. The Labute approximate surface area is 248 Å². The van der Waals surface area contributed by atoms with E-state index < -0.39 is 12.0 Å². The molecule has 0 aliphatic carbocycles. The Hall–Kier alpha value is -3.40. The van der Waals surface area contributed by atoms with Gasteiger partial charge in [0.1, 0.15) is 23.3 Å². The Balaban J connectivity index is 1.66. The van der Waals surface area contributed by atoms with Crippen molar-refractivity contribution in [1.29, 1.82) is 0 Å². The highest BCUT2D eigenvalue weighted by molar-refractivity contribution is 9.10. The van der Waals surface area contributed by atoms with Crippen molar-refractivity contribution < 1.29 is 18.7 Å². The van der Waals surface area contributed by atoms with Crippen molar-refractivity contribution in [2.75, 3.05) is 6.61 Å². The first-order valence-corrected chi connectivity index (χ1v) is 14.7. The van der Waals surface area contributed by atoms with E-state index in [-0.39, 0.29) is 18.3 Å². The summed E-state index contributed by atoms with van der Waals surface area (Å²) in [5.41, 5.74) is 1.97. The summed E-state index contributed by atoms with van der Waals surface area (Å²) in [6.07, 6.45) is 1.58. The highest BCUT2D eigenvalue weighted by Crippen LogP contribution is 2.36. The average molecular weight is 642 g/mol. The van der Waals surface area contributed by atoms with Crippen molar-refractivity contribution in [3.63, 3.8) is 0 Å². The fourth-order valence-corrected chi connectivity index (χ4v) is 5.97. The van der Waals surface area contributed by atoms with E-state index in [1.165, 1.54) is 15.9 Å². The second-order valence-electron chi connectivity index (χ2n) is 9.34. The van der Waals surface area contributed by atoms with Crippen molar-refractivity contribution in [3.8, 4) is 17.1 Å². The van der Waals surface area contributed by atoms with Crippen LogP contribution in [0, 0.1) is 0 Å². The van der Waals surface area contributed by atoms with Crippen molar-refractivity contribution in [3.05, 3.63) is 106 Å². The number of hydrogen-bond acceptors (Lipinski definition) is 7. The molecule has 40 heavy (non-hydrogen) atoms. The molecule has 4 aromatic rings. The number of ether oxygens (including phenoxy) is 2. The van der Waals surface area contributed by atoms with Crippen LogP contribution in [0.3, 0.4) is 0 Å². The zero-order valence-corrected chi connectivity index (χ0v) is 25.4. The Bertz CT molecular complexity index is 1820. The van der Waals surface area contributed by atoms with Gasteiger partial charge in [-0.15, -0.1) is 0 Å². The van der Waals surface area contributed by atoms with E-state index in [9.17, 15) is 9.59 Å². The van der Waals surface area contributed by atoms with Crippen LogP contribution in [-0.4, -0.2) is 23.2 Å². The highest BCUT2D eigenvalue weighted by atomic mass is 79.9. The number of thiazole rings is 1. The van der Waals surface area contributed by atoms with Crippen LogP contribution in [0.4, 0.5) is 0 Å². The molecule has 2 aromatic carbocycles. The van der Waals surface area contributed by atoms with Gasteiger partial charge >= 0.3 is 5.97 Å². The molecule has 0 bridgehead atoms. The third kappa shape index (κ3) is 5.46. The number of aromatic nitrogens is 1. The molecule has 0 saturated heterocycles. The molecule has 2 aromatic heterocycles. The summed E-state index contributed by atoms with van der Waals surface area (Å²) < 4.78 is 20.3. The van der Waals surface area contributed by atoms with Gasteiger partial charge in [-0.25, -0.2) is 9.79 Å². The van der Waals surface area contributed by atoms with Crippen LogP contribution in [0.5, 0.6) is 5.75 Å². The molecule has 0 N–H and O–H groups in total. The number of carbonyl (C=O) groups is 1. The van der Waals surface area contributed by atoms with E-state index in [0.29, 0.717) is 48.5 Å². The van der Waals surface area contributed by atoms with E-state index in [1.54, 1.807) is 32.1 Å². The maximum absolute atomic E-state index is 13.9. The lowest BCUT2D eigenvalue weighted by Gasteiger charge is -2.26. The second-order valence-corrected chi connectivity index (χ2v) is 11.6. The van der Waals surface area contributed by atoms with Gasteiger partial charge in [0.15, 0.2) is 4.80 Å². The lowest BCUT2D eigenvalue weighted by molar-refractivity contribution is -0.139. The Kier molecular flexibility index (Phi) is 8.16. The van der Waals surface area contributed by atoms with E-state index in [2.05, 4.69) is 20.9 Å². The predicted octanol–water partition coefficient (Wildman–Crippen LogP) is 6.26. The standard InChI is InChI=1S/C30H26BrClN2O5S/c1-5-37-29(36)26-17(4)33-30-34(27(26)20-8-6-7-9-24(20)38-16(2)3)28(35)25(40-30)15-19-11-13-23(39-19)18-10-12-21(31)22(32)14-18/h6-16,27H,5H2,1-4H3/b25-15+/t27-/m1/s1. The number of hydrogen-bond donors (Lipinski definition) is 0. The monoisotopic (exact) mass is 640 g/mol. The molecule has 1 atom stereocenters. The topological polar surface area (TPSA) is 83.0 Å². The quantitative estimate of drug-likeness (QED) is 0.223. The van der Waals surface area contributed by atoms with Gasteiger partial charge in [0.25, 0.3) is 5.56 Å². The highest BCUT2D eigenvalue weighted by Gasteiger charge is 2.35. The molecule has 1 aliphatic rings. The van der Waals surface area contributed by atoms with Gasteiger partial charge < -0.3 is 13.9 Å². The number of fused-ring (bicyclic) bond motifs is 1. The first kappa shape index (κ1) is 28.1. The van der Waals surface area contributed by atoms with Gasteiger partial charge in [-0.3, -0.25) is 9.36 Å². The summed E-state index contributed by atoms with van der Waals surface area (Å²) in [6, 6.07) is 15.8. The number of esters is 1. The van der Waals surface area contributed by atoms with Crippen molar-refractivity contribution in [2.24, 2.45) is 4.99 Å². The van der Waals surface area contributed by atoms with E-state index >= 15 is 0 Å². The average Bonchev–Trinajstić information content (AvgIpc) is 3.49. The minimum Gasteiger partial charge on any atom is -0.491 e. The molecule has 1 aliphatic heterocycles. The van der Waals surface area contributed by atoms with Gasteiger partial charge in [-0.2, -0.15) is 0 Å². The Morgan fingerprint density at radius 3 is 2.73 bits per heavy atom. The zero-order valence-electron chi connectivity index (χ0n) is 22.2. The first-order chi connectivity index (χ1) is 19.2. The fourth-order valence-electron chi connectivity index (χ4n) is 4.52. The van der Waals surface area contributed by atoms with Crippen molar-refractivity contribution >= 4 is 50.9 Å². The maximum Gasteiger partial charge on any atom is 0.338 e. The number of benzene rings is 2. The third-order valence-electron chi connectivity index (χ3n) is 6.20. The molecule has 0 fully saturated rings. The zero-order chi connectivity index (χ0) is 28.6. The summed E-state index contributed by atoms with van der Waals surface area (Å²) in [6.45, 7) is 7.55. The largest absolute Gasteiger partial charge is 0.491 e. The molecule has 5 rings (SSSR count). The molecular formula is C30H26BrClN2O5S. The van der Waals surface area contributed by atoms with Gasteiger partial charge in [0.05, 0.1) is 33.5 Å². The normalized spacial score (nSPS) is 15.3. The summed E-state index contributed by atoms with van der Waals surface area (Å²) >= 11 is 10.9. The Morgan fingerprint density at radius 2 is 2.00 bits per heavy atom. The van der Waals surface area contributed by atoms with E-state index in [4.69, 9.17) is 25.5 Å². The molecule has 206 valence electrons. The molecule has 0 unspecified atom stereocenters. The molecule has 3 heterocycles. The van der Waals surface area contributed by atoms with Gasteiger partial charge in [-0.1, -0.05) is 47.2 Å². The third-order valence-corrected chi connectivity index (χ3v) is 8.41. The lowest BCUT2D eigenvalue weighted by atomic mass is 9.95. The number of nitrogens with zero attached hydrogens (tertiary/aromatic N) is 2. The molecule has 0 saturated carbocycles. The number of para-hydroxylation sites is 1. The molecule has 0 radical (unpaired) electrons. The summed E-state index contributed by atoms with van der Waals surface area (Å²) in [5.74, 6) is 1.18. The minimum atomic E-state index is -0.774. The number of carbonyl (C=O) groups excluding carboxylic acids is 1. The predicted molar refractivity (Wildman–Crippen MR) is 159 cm³/mol. The SMILES string of the molecule is CCOC(=O)C1=C(C)N=c2s/c(=C/c3ccc(-c4ccc(Br)c(Cl)c4)o3)c(=O)n2[C@@H]1c1ccccc1OC(C)C. The van der Waals surface area contributed by atoms with Crippen LogP contribution in [-0.2, 0) is 9.53 Å². The number of allylic oxidation sites excluding steroid dienone is 1. The number of halogens is 2. The van der Waals surface area contributed by atoms with Crippen LogP contribution in [0.1, 0.15) is 45.1 Å². The number of rotatable bonds is 7. The van der Waals surface area contributed by atoms with Crippen LogP contribution in [0.2, 0.25) is 5.02 Å². The molecule has 7 nitrogen and oxygen atoms in total. The molecular weight excluding hydrogens is 616 g/mol. The van der Waals surface area contributed by atoms with E-state index in [0.717, 1.165) is 10.0 Å². The smallest absolute Gasteiger partial charge is 0.338 e. The first-order valence-electron chi connectivity index (χ1n) is 12.7. The van der Waals surface area contributed by atoms with Gasteiger partial charge in [0, 0.05) is 21.7 Å². The van der Waals surface area contributed by atoms with Gasteiger partial charge in [-0.05, 0) is 74.0 Å². The molecule has 0 spiro atoms. The van der Waals surface area contributed by atoms with Crippen LogP contribution >= 0.6 is 38.9 Å². The van der Waals surface area contributed by atoms with Crippen molar-refractivity contribution in [2.45, 2.75) is 39.8 Å². The summed E-state index contributed by atoms with van der Waals surface area (Å²) in [4.78, 5) is 32.2. The summed E-state index contributed by atoms with van der Waals surface area (Å²) in [5, 5.41) is 0.568. The van der Waals surface area contributed by atoms with Crippen LogP contribution in [0.25, 0.3) is 17.4 Å². The summed E-state index contributed by atoms with van der Waals surface area (Å²) in [7, 11) is 0. The molecule has 0 amide bonds. The lowest BCUT2D eigenvalue weighted by Crippen LogP contribution is -2.40. The minimum absolute atomic E-state index is 0.109. The van der Waals surface area contributed by atoms with E-state index in [1.807, 2.05) is 56.3 Å².